The Morgan fingerprint density at radius 3 is 2.06 bits per heavy atom. The average molecular weight is 243 g/mol. The second-order valence-electron chi connectivity index (χ2n) is 5.53. The average Bonchev–Trinajstić information content (AvgIpc) is 2.22. The fourth-order valence-electron chi connectivity index (χ4n) is 2.69. The standard InChI is InChI=1S/C13H25NO3/c1-13(15)11-9-7-5-3-2-4-6-8-10-12(13)14(16)17/h12,15H,2-11H2,1H3/t12-,13-/m0/s1. The molecule has 4 nitrogen and oxygen atoms in total. The van der Waals surface area contributed by atoms with Crippen LogP contribution in [0, 0.1) is 10.1 Å². The SMILES string of the molecule is C[C@]1(O)CCCCCCCCCC[C@@H]1[N+](=O)[O-]. The van der Waals surface area contributed by atoms with Crippen LogP contribution in [0.3, 0.4) is 0 Å². The summed E-state index contributed by atoms with van der Waals surface area (Å²) >= 11 is 0. The minimum atomic E-state index is -1.14. The highest BCUT2D eigenvalue weighted by Gasteiger charge is 2.40. The molecule has 0 saturated heterocycles. The summed E-state index contributed by atoms with van der Waals surface area (Å²) in [5.74, 6) is 0. The maximum absolute atomic E-state index is 11.0. The van der Waals surface area contributed by atoms with E-state index in [-0.39, 0.29) is 4.92 Å². The Hall–Kier alpha value is -0.640. The predicted molar refractivity (Wildman–Crippen MR) is 67.6 cm³/mol. The molecule has 1 aliphatic rings. The van der Waals surface area contributed by atoms with Gasteiger partial charge in [-0.1, -0.05) is 44.9 Å². The van der Waals surface area contributed by atoms with Gasteiger partial charge in [0.05, 0.1) is 0 Å². The second kappa shape index (κ2) is 6.94. The summed E-state index contributed by atoms with van der Waals surface area (Å²) < 4.78 is 0. The van der Waals surface area contributed by atoms with Crippen LogP contribution in [0.1, 0.15) is 71.1 Å². The minimum absolute atomic E-state index is 0.286. The highest BCUT2D eigenvalue weighted by Crippen LogP contribution is 2.26. The number of hydrogen-bond donors (Lipinski definition) is 1. The zero-order valence-electron chi connectivity index (χ0n) is 10.9. The summed E-state index contributed by atoms with van der Waals surface area (Å²) in [6.07, 6.45) is 9.85. The van der Waals surface area contributed by atoms with Gasteiger partial charge in [-0.15, -0.1) is 0 Å². The molecular formula is C13H25NO3. The van der Waals surface area contributed by atoms with Crippen LogP contribution in [-0.2, 0) is 0 Å². The summed E-state index contributed by atoms with van der Waals surface area (Å²) in [7, 11) is 0. The van der Waals surface area contributed by atoms with E-state index in [0.29, 0.717) is 12.8 Å². The molecular weight excluding hydrogens is 218 g/mol. The first kappa shape index (κ1) is 14.4. The van der Waals surface area contributed by atoms with Crippen molar-refractivity contribution < 1.29 is 10.0 Å². The molecule has 0 radical (unpaired) electrons. The van der Waals surface area contributed by atoms with E-state index in [9.17, 15) is 15.2 Å². The number of aliphatic hydroxyl groups is 1. The van der Waals surface area contributed by atoms with Crippen LogP contribution in [0.4, 0.5) is 0 Å². The number of nitro groups is 1. The molecule has 0 heterocycles. The molecule has 1 rings (SSSR count). The fraction of sp³-hybridized carbons (Fsp3) is 1.00. The van der Waals surface area contributed by atoms with Gasteiger partial charge in [-0.25, -0.2) is 0 Å². The van der Waals surface area contributed by atoms with Crippen molar-refractivity contribution in [1.29, 1.82) is 0 Å². The van der Waals surface area contributed by atoms with Gasteiger partial charge in [-0.05, 0) is 19.8 Å². The van der Waals surface area contributed by atoms with Crippen LogP contribution in [0.15, 0.2) is 0 Å². The molecule has 1 N–H and O–H groups in total. The fourth-order valence-corrected chi connectivity index (χ4v) is 2.69. The molecule has 1 saturated carbocycles. The van der Waals surface area contributed by atoms with Crippen LogP contribution in [0.25, 0.3) is 0 Å². The summed E-state index contributed by atoms with van der Waals surface area (Å²) in [6.45, 7) is 1.63. The third kappa shape index (κ3) is 5.02. The molecule has 1 aliphatic carbocycles. The van der Waals surface area contributed by atoms with E-state index < -0.39 is 11.6 Å². The van der Waals surface area contributed by atoms with Gasteiger partial charge in [0.15, 0.2) is 0 Å². The lowest BCUT2D eigenvalue weighted by molar-refractivity contribution is -0.546. The lowest BCUT2D eigenvalue weighted by atomic mass is 9.86. The molecule has 0 bridgehead atoms. The van der Waals surface area contributed by atoms with Gasteiger partial charge in [0.2, 0.25) is 6.04 Å². The summed E-state index contributed by atoms with van der Waals surface area (Å²) in [4.78, 5) is 10.7. The zero-order valence-corrected chi connectivity index (χ0v) is 10.9. The molecule has 2 atom stereocenters. The Labute approximate surface area is 104 Å². The summed E-state index contributed by atoms with van der Waals surface area (Å²) in [6, 6.07) is -0.790. The molecule has 4 heteroatoms. The smallest absolute Gasteiger partial charge is 0.241 e. The van der Waals surface area contributed by atoms with Gasteiger partial charge in [0.1, 0.15) is 5.60 Å². The third-order valence-corrected chi connectivity index (χ3v) is 3.88. The molecule has 0 aliphatic heterocycles. The summed E-state index contributed by atoms with van der Waals surface area (Å²) in [5.41, 5.74) is -1.14. The normalized spacial score (nSPS) is 33.4. The van der Waals surface area contributed by atoms with Crippen LogP contribution < -0.4 is 0 Å². The van der Waals surface area contributed by atoms with E-state index in [0.717, 1.165) is 25.7 Å². The molecule has 0 aromatic carbocycles. The van der Waals surface area contributed by atoms with Crippen molar-refractivity contribution in [3.63, 3.8) is 0 Å². The molecule has 0 amide bonds. The van der Waals surface area contributed by atoms with E-state index >= 15 is 0 Å². The lowest BCUT2D eigenvalue weighted by Crippen LogP contribution is -2.44. The number of hydrogen-bond acceptors (Lipinski definition) is 3. The highest BCUT2D eigenvalue weighted by atomic mass is 16.6. The highest BCUT2D eigenvalue weighted by molar-refractivity contribution is 4.82. The largest absolute Gasteiger partial charge is 0.383 e. The zero-order chi connectivity index (χ0) is 12.7. The Kier molecular flexibility index (Phi) is 5.89. The van der Waals surface area contributed by atoms with Gasteiger partial charge in [-0.2, -0.15) is 0 Å². The van der Waals surface area contributed by atoms with E-state index in [2.05, 4.69) is 0 Å². The molecule has 0 unspecified atom stereocenters. The molecule has 100 valence electrons. The van der Waals surface area contributed by atoms with Gasteiger partial charge in [-0.3, -0.25) is 10.1 Å². The van der Waals surface area contributed by atoms with Gasteiger partial charge in [0, 0.05) is 11.3 Å². The van der Waals surface area contributed by atoms with Crippen LogP contribution in [0.5, 0.6) is 0 Å². The van der Waals surface area contributed by atoms with Crippen molar-refractivity contribution >= 4 is 0 Å². The third-order valence-electron chi connectivity index (χ3n) is 3.88. The first-order valence-corrected chi connectivity index (χ1v) is 6.90. The molecule has 1 fully saturated rings. The monoisotopic (exact) mass is 243 g/mol. The van der Waals surface area contributed by atoms with Crippen molar-refractivity contribution in [2.75, 3.05) is 0 Å². The molecule has 0 aromatic rings. The topological polar surface area (TPSA) is 63.4 Å². The molecule has 0 aromatic heterocycles. The first-order chi connectivity index (χ1) is 8.04. The Morgan fingerprint density at radius 1 is 1.06 bits per heavy atom. The lowest BCUT2D eigenvalue weighted by Gasteiger charge is -2.27. The molecule has 0 spiro atoms. The van der Waals surface area contributed by atoms with E-state index in [4.69, 9.17) is 0 Å². The van der Waals surface area contributed by atoms with Crippen molar-refractivity contribution in [3.8, 4) is 0 Å². The maximum atomic E-state index is 11.0. The van der Waals surface area contributed by atoms with Crippen molar-refractivity contribution in [2.45, 2.75) is 82.8 Å². The Balaban J connectivity index is 2.59. The van der Waals surface area contributed by atoms with Crippen LogP contribution in [-0.4, -0.2) is 21.7 Å². The van der Waals surface area contributed by atoms with Gasteiger partial charge >= 0.3 is 0 Å². The van der Waals surface area contributed by atoms with Crippen molar-refractivity contribution in [3.05, 3.63) is 10.1 Å². The molecule has 17 heavy (non-hydrogen) atoms. The maximum Gasteiger partial charge on any atom is 0.241 e. The summed E-state index contributed by atoms with van der Waals surface area (Å²) in [5, 5.41) is 21.3. The van der Waals surface area contributed by atoms with Gasteiger partial charge < -0.3 is 5.11 Å². The first-order valence-electron chi connectivity index (χ1n) is 6.90. The van der Waals surface area contributed by atoms with Crippen molar-refractivity contribution in [2.24, 2.45) is 0 Å². The predicted octanol–water partition coefficient (Wildman–Crippen LogP) is 3.30. The Bertz CT molecular complexity index is 241. The second-order valence-corrected chi connectivity index (χ2v) is 5.53. The van der Waals surface area contributed by atoms with Crippen molar-refractivity contribution in [1.82, 2.24) is 0 Å². The van der Waals surface area contributed by atoms with E-state index in [1.165, 1.54) is 25.7 Å². The Morgan fingerprint density at radius 2 is 1.53 bits per heavy atom. The quantitative estimate of drug-likeness (QED) is 0.567. The minimum Gasteiger partial charge on any atom is -0.383 e. The number of nitrogens with zero attached hydrogens (tertiary/aromatic N) is 1. The van der Waals surface area contributed by atoms with E-state index in [1.807, 2.05) is 0 Å². The van der Waals surface area contributed by atoms with Crippen LogP contribution in [0.2, 0.25) is 0 Å². The van der Waals surface area contributed by atoms with E-state index in [1.54, 1.807) is 6.92 Å². The van der Waals surface area contributed by atoms with Gasteiger partial charge in [0.25, 0.3) is 0 Å². The number of rotatable bonds is 1. The van der Waals surface area contributed by atoms with Crippen LogP contribution >= 0.6 is 0 Å².